The maximum Gasteiger partial charge on any atom is 0.182 e. The number of rotatable bonds is 4. The molecule has 0 spiro atoms. The molecular weight excluding hydrogens is 253 g/mol. The highest BCUT2D eigenvalue weighted by molar-refractivity contribution is 5.99. The Morgan fingerprint density at radius 2 is 1.80 bits per heavy atom. The van der Waals surface area contributed by atoms with Gasteiger partial charge in [-0.1, -0.05) is 24.3 Å². The minimum Gasteiger partial charge on any atom is -0.365 e. The van der Waals surface area contributed by atoms with Crippen LogP contribution >= 0.6 is 0 Å². The number of halogens is 1. The Morgan fingerprint density at radius 1 is 1.10 bits per heavy atom. The summed E-state index contributed by atoms with van der Waals surface area (Å²) in [6.45, 7) is 4.14. The van der Waals surface area contributed by atoms with Crippen LogP contribution in [0.15, 0.2) is 42.5 Å². The third kappa shape index (κ3) is 3.05. The zero-order valence-corrected chi connectivity index (χ0v) is 12.0. The molecule has 0 aromatic heterocycles. The molecule has 0 saturated heterocycles. The van der Waals surface area contributed by atoms with Crippen LogP contribution in [-0.2, 0) is 0 Å². The van der Waals surface area contributed by atoms with E-state index in [-0.39, 0.29) is 18.1 Å². The van der Waals surface area contributed by atoms with Crippen molar-refractivity contribution in [1.82, 2.24) is 0 Å². The van der Waals surface area contributed by atoms with Gasteiger partial charge in [0.05, 0.1) is 12.2 Å². The van der Waals surface area contributed by atoms with E-state index in [1.54, 1.807) is 30.1 Å². The number of nitrogens with zero attached hydrogens (tertiary/aromatic N) is 1. The van der Waals surface area contributed by atoms with E-state index in [0.717, 1.165) is 11.1 Å². The lowest BCUT2D eigenvalue weighted by Gasteiger charge is -2.19. The van der Waals surface area contributed by atoms with E-state index in [4.69, 9.17) is 0 Å². The van der Waals surface area contributed by atoms with Gasteiger partial charge in [0.15, 0.2) is 5.78 Å². The average molecular weight is 271 g/mol. The summed E-state index contributed by atoms with van der Waals surface area (Å²) in [7, 11) is 1.72. The van der Waals surface area contributed by atoms with Gasteiger partial charge in [0, 0.05) is 12.6 Å². The molecule has 0 saturated carbocycles. The number of anilines is 1. The highest BCUT2D eigenvalue weighted by atomic mass is 19.1. The summed E-state index contributed by atoms with van der Waals surface area (Å²) < 4.78 is 13.7. The molecule has 0 N–H and O–H groups in total. The molecule has 2 aromatic carbocycles. The number of Topliss-reactive ketones (excluding diaryl/α,β-unsaturated/α-hetero) is 1. The summed E-state index contributed by atoms with van der Waals surface area (Å²) in [6.07, 6.45) is 0. The van der Waals surface area contributed by atoms with E-state index in [1.807, 2.05) is 32.0 Å². The van der Waals surface area contributed by atoms with Crippen LogP contribution in [0.25, 0.3) is 0 Å². The van der Waals surface area contributed by atoms with E-state index in [1.165, 1.54) is 6.07 Å². The molecule has 0 heterocycles. The summed E-state index contributed by atoms with van der Waals surface area (Å²) in [6, 6.07) is 12.1. The molecular formula is C17H18FNO. The third-order valence-electron chi connectivity index (χ3n) is 3.47. The second-order valence-corrected chi connectivity index (χ2v) is 5.03. The second-order valence-electron chi connectivity index (χ2n) is 5.03. The van der Waals surface area contributed by atoms with Gasteiger partial charge in [-0.25, -0.2) is 4.39 Å². The lowest BCUT2D eigenvalue weighted by Crippen LogP contribution is -2.26. The molecule has 104 valence electrons. The Balaban J connectivity index is 2.15. The molecule has 2 nitrogen and oxygen atoms in total. The fourth-order valence-electron chi connectivity index (χ4n) is 2.07. The van der Waals surface area contributed by atoms with Crippen LogP contribution in [0.3, 0.4) is 0 Å². The van der Waals surface area contributed by atoms with E-state index >= 15 is 0 Å². The zero-order valence-electron chi connectivity index (χ0n) is 12.0. The predicted octanol–water partition coefficient (Wildman–Crippen LogP) is 3.76. The van der Waals surface area contributed by atoms with Gasteiger partial charge in [-0.3, -0.25) is 4.79 Å². The largest absolute Gasteiger partial charge is 0.365 e. The first kappa shape index (κ1) is 14.3. The number of aryl methyl sites for hydroxylation is 2. The molecule has 0 unspecified atom stereocenters. The lowest BCUT2D eigenvalue weighted by atomic mass is 10.0. The third-order valence-corrected chi connectivity index (χ3v) is 3.47. The molecule has 0 fully saturated rings. The lowest BCUT2D eigenvalue weighted by molar-refractivity contribution is 0.1000. The number of benzene rings is 2. The number of para-hydroxylation sites is 1. The van der Waals surface area contributed by atoms with Crippen molar-refractivity contribution >= 4 is 11.5 Å². The fourth-order valence-corrected chi connectivity index (χ4v) is 2.07. The minimum atomic E-state index is -0.317. The highest BCUT2D eigenvalue weighted by Crippen LogP contribution is 2.18. The van der Waals surface area contributed by atoms with Crippen molar-refractivity contribution in [2.24, 2.45) is 0 Å². The Bertz CT molecular complexity index is 637. The van der Waals surface area contributed by atoms with E-state index in [0.29, 0.717) is 11.3 Å². The molecule has 3 heteroatoms. The summed E-state index contributed by atoms with van der Waals surface area (Å²) in [5.74, 6) is -0.332. The van der Waals surface area contributed by atoms with Gasteiger partial charge < -0.3 is 4.90 Å². The van der Waals surface area contributed by atoms with Crippen LogP contribution in [0.2, 0.25) is 0 Å². The summed E-state index contributed by atoms with van der Waals surface area (Å²) in [5.41, 5.74) is 3.34. The van der Waals surface area contributed by atoms with Crippen LogP contribution in [0, 0.1) is 19.7 Å². The molecule has 2 rings (SSSR count). The molecule has 0 atom stereocenters. The van der Waals surface area contributed by atoms with Crippen molar-refractivity contribution in [1.29, 1.82) is 0 Å². The standard InChI is InChI=1S/C17H18FNO/c1-12-8-9-14(10-13(12)2)17(20)11-19(3)16-7-5-4-6-15(16)18/h4-10H,11H2,1-3H3. The summed E-state index contributed by atoms with van der Waals surface area (Å²) >= 11 is 0. The van der Waals surface area contributed by atoms with E-state index in [2.05, 4.69) is 0 Å². The van der Waals surface area contributed by atoms with Crippen molar-refractivity contribution in [2.45, 2.75) is 13.8 Å². The van der Waals surface area contributed by atoms with Crippen molar-refractivity contribution in [3.63, 3.8) is 0 Å². The highest BCUT2D eigenvalue weighted by Gasteiger charge is 2.13. The second kappa shape index (κ2) is 5.87. The molecule has 0 aliphatic carbocycles. The Labute approximate surface area is 118 Å². The molecule has 0 bridgehead atoms. The molecule has 0 amide bonds. The number of hydrogen-bond donors (Lipinski definition) is 0. The maximum absolute atomic E-state index is 13.7. The van der Waals surface area contributed by atoms with Gasteiger partial charge in [-0.15, -0.1) is 0 Å². The Morgan fingerprint density at radius 3 is 2.45 bits per heavy atom. The molecule has 0 aliphatic rings. The molecule has 0 radical (unpaired) electrons. The van der Waals surface area contributed by atoms with Crippen molar-refractivity contribution in [3.05, 3.63) is 65.0 Å². The van der Waals surface area contributed by atoms with E-state index in [9.17, 15) is 9.18 Å². The molecule has 0 aliphatic heterocycles. The van der Waals surface area contributed by atoms with Crippen LogP contribution in [0.1, 0.15) is 21.5 Å². The van der Waals surface area contributed by atoms with Crippen LogP contribution in [0.4, 0.5) is 10.1 Å². The zero-order chi connectivity index (χ0) is 14.7. The number of carbonyl (C=O) groups is 1. The van der Waals surface area contributed by atoms with Crippen LogP contribution in [-0.4, -0.2) is 19.4 Å². The van der Waals surface area contributed by atoms with Gasteiger partial charge in [-0.05, 0) is 43.2 Å². The summed E-state index contributed by atoms with van der Waals surface area (Å²) in [5, 5.41) is 0. The monoisotopic (exact) mass is 271 g/mol. The Hall–Kier alpha value is -2.16. The van der Waals surface area contributed by atoms with Crippen molar-refractivity contribution in [2.75, 3.05) is 18.5 Å². The Kier molecular flexibility index (Phi) is 4.18. The average Bonchev–Trinajstić information content (AvgIpc) is 2.42. The number of ketones is 1. The molecule has 2 aromatic rings. The smallest absolute Gasteiger partial charge is 0.182 e. The quantitative estimate of drug-likeness (QED) is 0.789. The van der Waals surface area contributed by atoms with Crippen LogP contribution in [0.5, 0.6) is 0 Å². The summed E-state index contributed by atoms with van der Waals surface area (Å²) in [4.78, 5) is 13.9. The predicted molar refractivity (Wildman–Crippen MR) is 79.9 cm³/mol. The van der Waals surface area contributed by atoms with E-state index < -0.39 is 0 Å². The van der Waals surface area contributed by atoms with Gasteiger partial charge >= 0.3 is 0 Å². The first-order valence-electron chi connectivity index (χ1n) is 6.55. The minimum absolute atomic E-state index is 0.0150. The van der Waals surface area contributed by atoms with Gasteiger partial charge in [-0.2, -0.15) is 0 Å². The number of carbonyl (C=O) groups excluding carboxylic acids is 1. The van der Waals surface area contributed by atoms with Crippen molar-refractivity contribution in [3.8, 4) is 0 Å². The van der Waals surface area contributed by atoms with Gasteiger partial charge in [0.25, 0.3) is 0 Å². The maximum atomic E-state index is 13.7. The van der Waals surface area contributed by atoms with Crippen LogP contribution < -0.4 is 4.90 Å². The fraction of sp³-hybridized carbons (Fsp3) is 0.235. The first-order valence-corrected chi connectivity index (χ1v) is 6.55. The number of hydrogen-bond acceptors (Lipinski definition) is 2. The van der Waals surface area contributed by atoms with Crippen molar-refractivity contribution < 1.29 is 9.18 Å². The first-order chi connectivity index (χ1) is 9.49. The van der Waals surface area contributed by atoms with Gasteiger partial charge in [0.1, 0.15) is 5.82 Å². The number of likely N-dealkylation sites (N-methyl/N-ethyl adjacent to an activating group) is 1. The van der Waals surface area contributed by atoms with Gasteiger partial charge in [0.2, 0.25) is 0 Å². The topological polar surface area (TPSA) is 20.3 Å². The normalized spacial score (nSPS) is 10.4. The SMILES string of the molecule is Cc1ccc(C(=O)CN(C)c2ccccc2F)cc1C. The molecule has 20 heavy (non-hydrogen) atoms.